The van der Waals surface area contributed by atoms with Gasteiger partial charge in [-0.25, -0.2) is 0 Å². The van der Waals surface area contributed by atoms with Gasteiger partial charge in [0.1, 0.15) is 0 Å². The van der Waals surface area contributed by atoms with Gasteiger partial charge in [-0.2, -0.15) is 0 Å². The van der Waals surface area contributed by atoms with E-state index >= 15 is 0 Å². The van der Waals surface area contributed by atoms with Crippen molar-refractivity contribution in [3.05, 3.63) is 0 Å². The Bertz CT molecular complexity index is 83.1. The van der Waals surface area contributed by atoms with Crippen LogP contribution >= 0.6 is 0 Å². The molecule has 0 fully saturated rings. The second-order valence-corrected chi connectivity index (χ2v) is 2.78. The third-order valence-electron chi connectivity index (χ3n) is 1.10. The van der Waals surface area contributed by atoms with Gasteiger partial charge < -0.3 is 0 Å². The first-order valence-electron chi connectivity index (χ1n) is 3.17. The molecule has 0 N–H and O–H groups in total. The molecule has 0 saturated carbocycles. The first-order chi connectivity index (χ1) is 4.31. The van der Waals surface area contributed by atoms with Crippen molar-refractivity contribution in [1.29, 1.82) is 0 Å². The van der Waals surface area contributed by atoms with E-state index in [1.807, 2.05) is 0 Å². The molecule has 9 heavy (non-hydrogen) atoms. The van der Waals surface area contributed by atoms with Crippen molar-refractivity contribution in [3.63, 3.8) is 0 Å². The van der Waals surface area contributed by atoms with E-state index in [1.165, 1.54) is 0 Å². The van der Waals surface area contributed by atoms with Gasteiger partial charge in [0.25, 0.3) is 0 Å². The number of hydrogen-bond acceptors (Lipinski definition) is 2. The second kappa shape index (κ2) is 6.64. The predicted octanol–water partition coefficient (Wildman–Crippen LogP) is 1.57. The summed E-state index contributed by atoms with van der Waals surface area (Å²) in [7, 11) is 0. The van der Waals surface area contributed by atoms with Gasteiger partial charge in [0, 0.05) is 0 Å². The van der Waals surface area contributed by atoms with Crippen molar-refractivity contribution in [2.75, 3.05) is 0 Å². The van der Waals surface area contributed by atoms with Crippen LogP contribution in [0.1, 0.15) is 32.6 Å². The molecule has 0 rings (SSSR count). The van der Waals surface area contributed by atoms with Crippen LogP contribution in [0.4, 0.5) is 0 Å². The number of hydrogen-bond donors (Lipinski definition) is 0. The summed E-state index contributed by atoms with van der Waals surface area (Å²) < 4.78 is 4.63. The van der Waals surface area contributed by atoms with E-state index in [0.29, 0.717) is 36.3 Å². The average molecular weight is 353 g/mol. The zero-order valence-corrected chi connectivity index (χ0v) is 9.81. The van der Waals surface area contributed by atoms with Gasteiger partial charge in [-0.05, 0) is 0 Å². The fourth-order valence-corrected chi connectivity index (χ4v) is 0.995. The van der Waals surface area contributed by atoms with Crippen LogP contribution in [0.15, 0.2) is 0 Å². The first-order valence-corrected chi connectivity index (χ1v) is 4.87. The third kappa shape index (κ3) is 6.41. The topological polar surface area (TPSA) is 26.3 Å². The average Bonchev–Trinajstić information content (AvgIpc) is 1.89. The Morgan fingerprint density at radius 2 is 2.22 bits per heavy atom. The van der Waals surface area contributed by atoms with E-state index in [1.54, 1.807) is 0 Å². The Morgan fingerprint density at radius 3 is 2.67 bits per heavy atom. The van der Waals surface area contributed by atoms with Crippen LogP contribution < -0.4 is 0 Å². The first kappa shape index (κ1) is 9.52. The van der Waals surface area contributed by atoms with Crippen molar-refractivity contribution < 1.29 is 37.0 Å². The molecule has 0 unspecified atom stereocenters. The number of carbonyl (C=O) groups is 1. The predicted molar refractivity (Wildman–Crippen MR) is 30.2 cm³/mol. The summed E-state index contributed by atoms with van der Waals surface area (Å²) in [6.45, 7) is 2.12. The van der Waals surface area contributed by atoms with Gasteiger partial charge in [0.2, 0.25) is 0 Å². The molecule has 0 amide bonds. The minimum absolute atomic E-state index is 0.0192. The van der Waals surface area contributed by atoms with Crippen molar-refractivity contribution in [2.45, 2.75) is 32.6 Å². The number of rotatable bonds is 4. The molecule has 0 radical (unpaired) electrons. The monoisotopic (exact) mass is 353 g/mol. The van der Waals surface area contributed by atoms with Crippen LogP contribution in [0.5, 0.6) is 0 Å². The van der Waals surface area contributed by atoms with Crippen LogP contribution in [-0.2, 0) is 7.04 Å². The minimum atomic E-state index is -0.0192. The molecule has 0 atom stereocenters. The molecular weight excluding hydrogens is 342 g/mol. The van der Waals surface area contributed by atoms with Crippen LogP contribution in [0, 0.1) is 29.9 Å². The fraction of sp³-hybridized carbons (Fsp3) is 0.833. The molecule has 0 aliphatic heterocycles. The van der Waals surface area contributed by atoms with E-state index < -0.39 is 0 Å². The summed E-state index contributed by atoms with van der Waals surface area (Å²) in [6.07, 6.45) is 3.91. The van der Waals surface area contributed by atoms with Crippen LogP contribution in [0.25, 0.3) is 0 Å². The quantitative estimate of drug-likeness (QED) is 0.718. The SMILES string of the molecule is CCCCCC(=O)[O][U]. The van der Waals surface area contributed by atoms with Crippen LogP contribution in [-0.4, -0.2) is 5.97 Å². The van der Waals surface area contributed by atoms with Gasteiger partial charge in [0.05, 0.1) is 0 Å². The standard InChI is InChI=1S/C6H12O2.U/c1-2-3-4-5-6(7)8;/h2-5H2,1H3,(H,7,8);/q;+1/p-1. The van der Waals surface area contributed by atoms with E-state index in [4.69, 9.17) is 0 Å². The Balaban J connectivity index is 2.97. The van der Waals surface area contributed by atoms with Gasteiger partial charge in [0.15, 0.2) is 0 Å². The van der Waals surface area contributed by atoms with Crippen LogP contribution in [0.3, 0.4) is 0 Å². The Kier molecular flexibility index (Phi) is 7.02. The molecule has 0 saturated heterocycles. The van der Waals surface area contributed by atoms with E-state index in [9.17, 15) is 4.79 Å². The third-order valence-corrected chi connectivity index (χ3v) is 2.05. The van der Waals surface area contributed by atoms with Gasteiger partial charge in [-0.3, -0.25) is 0 Å². The van der Waals surface area contributed by atoms with Crippen molar-refractivity contribution in [1.82, 2.24) is 0 Å². The van der Waals surface area contributed by atoms with Crippen LogP contribution in [0.2, 0.25) is 0 Å². The molecule has 0 aromatic carbocycles. The molecule has 0 spiro atoms. The van der Waals surface area contributed by atoms with Crippen molar-refractivity contribution in [2.24, 2.45) is 0 Å². The summed E-state index contributed by atoms with van der Waals surface area (Å²) in [5.41, 5.74) is 0. The Hall–Kier alpha value is 0.522. The van der Waals surface area contributed by atoms with Crippen molar-refractivity contribution >= 4 is 5.97 Å². The van der Waals surface area contributed by atoms with E-state index in [-0.39, 0.29) is 5.97 Å². The molecule has 51 valence electrons. The molecular formula is C6H11O2U. The summed E-state index contributed by atoms with van der Waals surface area (Å²) in [4.78, 5) is 10.5. The van der Waals surface area contributed by atoms with E-state index in [0.717, 1.165) is 19.3 Å². The zero-order valence-electron chi connectivity index (χ0n) is 5.64. The summed E-state index contributed by atoms with van der Waals surface area (Å²) in [6, 6.07) is 0. The maximum atomic E-state index is 10.5. The van der Waals surface area contributed by atoms with Gasteiger partial charge >= 0.3 is 75.5 Å². The normalized spacial score (nSPS) is 9.22. The summed E-state index contributed by atoms with van der Waals surface area (Å²) in [5.74, 6) is -0.0192. The fourth-order valence-electron chi connectivity index (χ4n) is 0.570. The molecule has 3 heteroatoms. The van der Waals surface area contributed by atoms with Gasteiger partial charge in [-0.15, -0.1) is 0 Å². The molecule has 0 aromatic heterocycles. The summed E-state index contributed by atoms with van der Waals surface area (Å²) >= 11 is 0.354. The molecule has 0 bridgehead atoms. The zero-order chi connectivity index (χ0) is 7.11. The Morgan fingerprint density at radius 1 is 1.56 bits per heavy atom. The molecule has 0 heterocycles. The maximum absolute atomic E-state index is 10.5. The number of carbonyl (C=O) groups excluding carboxylic acids is 1. The molecule has 2 nitrogen and oxygen atoms in total. The molecule has 0 aliphatic carbocycles. The van der Waals surface area contributed by atoms with Crippen molar-refractivity contribution in [3.8, 4) is 0 Å². The number of unbranched alkanes of at least 4 members (excludes halogenated alkanes) is 2. The molecule has 0 aliphatic rings. The van der Waals surface area contributed by atoms with Gasteiger partial charge in [-0.1, -0.05) is 0 Å². The summed E-state index contributed by atoms with van der Waals surface area (Å²) in [5, 5.41) is 0. The van der Waals surface area contributed by atoms with E-state index in [2.05, 4.69) is 9.16 Å². The second-order valence-electron chi connectivity index (χ2n) is 1.93. The Labute approximate surface area is 75.3 Å². The molecule has 0 aromatic rings.